The van der Waals surface area contributed by atoms with E-state index in [-0.39, 0.29) is 13.1 Å². The van der Waals surface area contributed by atoms with E-state index in [0.29, 0.717) is 16.3 Å². The van der Waals surface area contributed by atoms with Gasteiger partial charge in [-0.3, -0.25) is 4.79 Å². The van der Waals surface area contributed by atoms with Crippen LogP contribution in [0.1, 0.15) is 0 Å². The number of carbonyl (C=O) groups is 1. The third kappa shape index (κ3) is 4.24. The van der Waals surface area contributed by atoms with E-state index in [1.54, 1.807) is 16.7 Å². The maximum atomic E-state index is 12.2. The number of likely N-dealkylation sites (N-methyl/N-ethyl adjacent to an activating group) is 1. The second kappa shape index (κ2) is 7.90. The van der Waals surface area contributed by atoms with Crippen molar-refractivity contribution in [3.05, 3.63) is 16.9 Å². The summed E-state index contributed by atoms with van der Waals surface area (Å²) >= 11 is 1.25. The minimum absolute atomic E-state index is 0.198. The van der Waals surface area contributed by atoms with Gasteiger partial charge < -0.3 is 14.0 Å². The van der Waals surface area contributed by atoms with Gasteiger partial charge in [0.05, 0.1) is 43.8 Å². The smallest absolute Gasteiger partial charge is 0.263 e. The Hall–Kier alpha value is -2.35. The lowest BCUT2D eigenvalue weighted by Gasteiger charge is -2.10. The number of hydrogen-bond acceptors (Lipinski definition) is 6. The lowest BCUT2D eigenvalue weighted by atomic mass is 10.3. The summed E-state index contributed by atoms with van der Waals surface area (Å²) in [5.74, 6) is 3.01. The maximum absolute atomic E-state index is 12.2. The van der Waals surface area contributed by atoms with Crippen molar-refractivity contribution in [1.29, 1.82) is 0 Å². The molecular weight excluding hydrogens is 378 g/mol. The summed E-state index contributed by atoms with van der Waals surface area (Å²) in [6.45, 7) is -0.153. The van der Waals surface area contributed by atoms with E-state index < -0.39 is 15.9 Å². The normalized spacial score (nSPS) is 12.4. The number of fused-ring (bicyclic) bond motifs is 1. The maximum Gasteiger partial charge on any atom is 0.263 e. The van der Waals surface area contributed by atoms with Crippen LogP contribution in [0.15, 0.2) is 17.1 Å². The first-order valence-electron chi connectivity index (χ1n) is 7.39. The predicted molar refractivity (Wildman–Crippen MR) is 99.8 cm³/mol. The van der Waals surface area contributed by atoms with Crippen LogP contribution in [0.5, 0.6) is 11.5 Å². The van der Waals surface area contributed by atoms with Gasteiger partial charge in [0, 0.05) is 19.2 Å². The minimum atomic E-state index is -3.47. The molecule has 0 saturated carbocycles. The molecule has 0 aliphatic carbocycles. The van der Waals surface area contributed by atoms with Crippen LogP contribution >= 0.6 is 11.3 Å². The average Bonchev–Trinajstić information content (AvgIpc) is 2.89. The average molecular weight is 397 g/mol. The third-order valence-electron chi connectivity index (χ3n) is 3.58. The Labute approximate surface area is 155 Å². The zero-order valence-corrected chi connectivity index (χ0v) is 16.5. The molecule has 0 radical (unpaired) electrons. The molecule has 1 aromatic heterocycles. The number of carbonyl (C=O) groups excluding carboxylic acids is 1. The number of rotatable bonds is 6. The number of thiazole rings is 1. The van der Waals surface area contributed by atoms with Gasteiger partial charge in [0.15, 0.2) is 16.3 Å². The molecule has 0 bridgehead atoms. The summed E-state index contributed by atoms with van der Waals surface area (Å²) in [6.07, 6.45) is 6.46. The number of hydrogen-bond donors (Lipinski definition) is 0. The van der Waals surface area contributed by atoms with Crippen LogP contribution in [0.3, 0.4) is 0 Å². The van der Waals surface area contributed by atoms with Gasteiger partial charge >= 0.3 is 0 Å². The molecule has 1 aromatic carbocycles. The lowest BCUT2D eigenvalue weighted by molar-refractivity contribution is -0.118. The minimum Gasteiger partial charge on any atom is -0.493 e. The quantitative estimate of drug-likeness (QED) is 0.669. The third-order valence-corrected chi connectivity index (χ3v) is 5.88. The molecule has 0 aliphatic heterocycles. The van der Waals surface area contributed by atoms with Crippen LogP contribution in [0, 0.1) is 12.3 Å². The van der Waals surface area contributed by atoms with Gasteiger partial charge in [0.1, 0.15) is 0 Å². The Bertz CT molecular complexity index is 1040. The second-order valence-corrected chi connectivity index (χ2v) is 8.47. The molecule has 0 spiro atoms. The van der Waals surface area contributed by atoms with Crippen molar-refractivity contribution in [1.82, 2.24) is 8.87 Å². The first-order chi connectivity index (χ1) is 12.2. The monoisotopic (exact) mass is 397 g/mol. The van der Waals surface area contributed by atoms with Crippen molar-refractivity contribution in [3.8, 4) is 23.8 Å². The Balaban J connectivity index is 2.57. The van der Waals surface area contributed by atoms with Crippen LogP contribution in [-0.4, -0.2) is 57.3 Å². The number of amides is 1. The number of benzene rings is 1. The molecular formula is C16H19N3O5S2. The molecule has 1 heterocycles. The highest BCUT2D eigenvalue weighted by Gasteiger charge is 2.16. The van der Waals surface area contributed by atoms with Gasteiger partial charge in [-0.25, -0.2) is 8.42 Å². The highest BCUT2D eigenvalue weighted by molar-refractivity contribution is 7.88. The summed E-state index contributed by atoms with van der Waals surface area (Å²) in [4.78, 5) is 16.6. The highest BCUT2D eigenvalue weighted by atomic mass is 32.2. The van der Waals surface area contributed by atoms with Crippen molar-refractivity contribution in [2.75, 3.05) is 34.1 Å². The van der Waals surface area contributed by atoms with Crippen molar-refractivity contribution in [2.24, 2.45) is 4.99 Å². The largest absolute Gasteiger partial charge is 0.493 e. The zero-order valence-electron chi connectivity index (χ0n) is 14.8. The van der Waals surface area contributed by atoms with E-state index in [4.69, 9.17) is 15.9 Å². The molecule has 10 heteroatoms. The summed E-state index contributed by atoms with van der Waals surface area (Å²) < 4.78 is 36.9. The lowest BCUT2D eigenvalue weighted by Crippen LogP contribution is -2.31. The van der Waals surface area contributed by atoms with Crippen LogP contribution in [0.4, 0.5) is 0 Å². The molecule has 140 valence electrons. The second-order valence-electron chi connectivity index (χ2n) is 5.37. The fourth-order valence-corrected chi connectivity index (χ4v) is 3.58. The van der Waals surface area contributed by atoms with Crippen LogP contribution < -0.4 is 14.3 Å². The van der Waals surface area contributed by atoms with Crippen molar-refractivity contribution in [2.45, 2.75) is 6.54 Å². The highest BCUT2D eigenvalue weighted by Crippen LogP contribution is 2.33. The topological polar surface area (TPSA) is 90.2 Å². The molecule has 0 N–H and O–H groups in total. The molecule has 8 nitrogen and oxygen atoms in total. The van der Waals surface area contributed by atoms with E-state index in [9.17, 15) is 13.2 Å². The first-order valence-corrected chi connectivity index (χ1v) is 10.1. The molecule has 26 heavy (non-hydrogen) atoms. The summed E-state index contributed by atoms with van der Waals surface area (Å²) in [5, 5.41) is 0. The van der Waals surface area contributed by atoms with Crippen LogP contribution in [0.25, 0.3) is 10.2 Å². The summed E-state index contributed by atoms with van der Waals surface area (Å²) in [5.41, 5.74) is 0.744. The molecule has 0 saturated heterocycles. The van der Waals surface area contributed by atoms with E-state index >= 15 is 0 Å². The Morgan fingerprint density at radius 3 is 2.50 bits per heavy atom. The van der Waals surface area contributed by atoms with Crippen molar-refractivity contribution >= 4 is 37.5 Å². The number of ether oxygens (including phenoxy) is 2. The van der Waals surface area contributed by atoms with E-state index in [0.717, 1.165) is 20.8 Å². The molecule has 0 unspecified atom stereocenters. The number of aromatic nitrogens is 1. The zero-order chi connectivity index (χ0) is 19.5. The van der Waals surface area contributed by atoms with Gasteiger partial charge in [0.25, 0.3) is 5.91 Å². The summed E-state index contributed by atoms with van der Waals surface area (Å²) in [7, 11) is 0.904. The summed E-state index contributed by atoms with van der Waals surface area (Å²) in [6, 6.07) is 3.53. The molecule has 0 atom stereocenters. The Morgan fingerprint density at radius 1 is 1.35 bits per heavy atom. The molecule has 0 aliphatic rings. The first kappa shape index (κ1) is 20.0. The standard InChI is InChI=1S/C16H19N3O5S2/c1-6-7-19-11-8-12(23-3)13(24-4)9-14(11)25-16(19)17-15(20)10-18(2)26(5,21)22/h1,8-9H,7,10H2,2-5H3. The molecule has 2 rings (SSSR count). The number of nitrogens with zero attached hydrogens (tertiary/aromatic N) is 3. The Morgan fingerprint density at radius 2 is 1.96 bits per heavy atom. The number of sulfonamides is 1. The SMILES string of the molecule is C#CCn1c(=NC(=O)CN(C)S(C)(=O)=O)sc2cc(OC)c(OC)cc21. The number of terminal acetylenes is 1. The fraction of sp³-hybridized carbons (Fsp3) is 0.375. The Kier molecular flexibility index (Phi) is 6.07. The molecule has 0 fully saturated rings. The fourth-order valence-electron chi connectivity index (χ4n) is 2.18. The van der Waals surface area contributed by atoms with Crippen LogP contribution in [-0.2, 0) is 21.4 Å². The van der Waals surface area contributed by atoms with Gasteiger partial charge in [-0.2, -0.15) is 9.30 Å². The van der Waals surface area contributed by atoms with Gasteiger partial charge in [0.2, 0.25) is 10.0 Å². The predicted octanol–water partition coefficient (Wildman–Crippen LogP) is 0.672. The number of methoxy groups -OCH3 is 2. The van der Waals surface area contributed by atoms with Gasteiger partial charge in [-0.15, -0.1) is 6.42 Å². The van der Waals surface area contributed by atoms with Gasteiger partial charge in [-0.05, 0) is 0 Å². The molecule has 1 amide bonds. The van der Waals surface area contributed by atoms with Crippen molar-refractivity contribution < 1.29 is 22.7 Å². The van der Waals surface area contributed by atoms with Crippen molar-refractivity contribution in [3.63, 3.8) is 0 Å². The van der Waals surface area contributed by atoms with E-state index in [1.807, 2.05) is 0 Å². The van der Waals surface area contributed by atoms with E-state index in [1.165, 1.54) is 32.6 Å². The molecule has 2 aromatic rings. The van der Waals surface area contributed by atoms with E-state index in [2.05, 4.69) is 10.9 Å². The van der Waals surface area contributed by atoms with Crippen LogP contribution in [0.2, 0.25) is 0 Å². The van der Waals surface area contributed by atoms with Gasteiger partial charge in [-0.1, -0.05) is 17.3 Å².